The third-order valence-corrected chi connectivity index (χ3v) is 2.34. The third kappa shape index (κ3) is 3.15. The fraction of sp³-hybridized carbons (Fsp3) is 0.167. The molecule has 1 aromatic heterocycles. The molecular weight excluding hydrogens is 273 g/mol. The van der Waals surface area contributed by atoms with Gasteiger partial charge in [0.2, 0.25) is 0 Å². The molecule has 0 saturated heterocycles. The highest BCUT2D eigenvalue weighted by Gasteiger charge is 2.11. The van der Waals surface area contributed by atoms with Gasteiger partial charge in [-0.1, -0.05) is 0 Å². The van der Waals surface area contributed by atoms with Crippen LogP contribution in [0.1, 0.15) is 5.82 Å². The molecule has 0 radical (unpaired) electrons. The van der Waals surface area contributed by atoms with Gasteiger partial charge in [0.25, 0.3) is 0 Å². The molecule has 0 aliphatic rings. The summed E-state index contributed by atoms with van der Waals surface area (Å²) in [7, 11) is 1.45. The van der Waals surface area contributed by atoms with Crippen LogP contribution in [0.4, 0.5) is 30.5 Å². The molecule has 0 aliphatic carbocycles. The summed E-state index contributed by atoms with van der Waals surface area (Å²) in [6.07, 6.45) is 0. The van der Waals surface area contributed by atoms with Crippen LogP contribution in [0.3, 0.4) is 0 Å². The Kier molecular flexibility index (Phi) is 4.04. The smallest absolute Gasteiger partial charge is 0.161 e. The first kappa shape index (κ1) is 14.1. The monoisotopic (exact) mass is 284 g/mol. The second-order valence-electron chi connectivity index (χ2n) is 3.90. The van der Waals surface area contributed by atoms with Crippen molar-refractivity contribution in [1.82, 2.24) is 9.97 Å². The number of nitrogens with zero attached hydrogens (tertiary/aromatic N) is 2. The largest absolute Gasteiger partial charge is 0.384 e. The van der Waals surface area contributed by atoms with Crippen LogP contribution in [0, 0.1) is 17.5 Å². The van der Waals surface area contributed by atoms with Crippen LogP contribution in [0.15, 0.2) is 18.2 Å². The summed E-state index contributed by atoms with van der Waals surface area (Å²) >= 11 is 0. The molecule has 0 fully saturated rings. The van der Waals surface area contributed by atoms with Crippen LogP contribution in [-0.2, 0) is 11.3 Å². The number of anilines is 3. The molecule has 0 amide bonds. The van der Waals surface area contributed by atoms with Gasteiger partial charge in [0.1, 0.15) is 24.1 Å². The minimum absolute atomic E-state index is 0.111. The van der Waals surface area contributed by atoms with Crippen molar-refractivity contribution >= 4 is 17.3 Å². The Bertz CT molecular complexity index is 636. The van der Waals surface area contributed by atoms with Gasteiger partial charge in [-0.2, -0.15) is 0 Å². The van der Waals surface area contributed by atoms with Gasteiger partial charge in [-0.25, -0.2) is 23.1 Å². The molecule has 0 aliphatic heterocycles. The average Bonchev–Trinajstić information content (AvgIpc) is 2.35. The summed E-state index contributed by atoms with van der Waals surface area (Å²) in [6, 6.07) is 2.47. The van der Waals surface area contributed by atoms with Gasteiger partial charge >= 0.3 is 0 Å². The van der Waals surface area contributed by atoms with Crippen molar-refractivity contribution in [2.75, 3.05) is 18.2 Å². The van der Waals surface area contributed by atoms with Crippen molar-refractivity contribution in [2.24, 2.45) is 0 Å². The van der Waals surface area contributed by atoms with Gasteiger partial charge in [0.05, 0.1) is 5.69 Å². The SMILES string of the molecule is COCc1nc(N)cc(Nc2cc(F)c(F)cc2F)n1. The van der Waals surface area contributed by atoms with Crippen molar-refractivity contribution < 1.29 is 17.9 Å². The minimum atomic E-state index is -1.27. The third-order valence-electron chi connectivity index (χ3n) is 2.34. The number of ether oxygens (including phenoxy) is 1. The maximum atomic E-state index is 13.5. The molecular formula is C12H11F3N4O. The molecule has 3 N–H and O–H groups in total. The van der Waals surface area contributed by atoms with Crippen LogP contribution in [0.5, 0.6) is 0 Å². The second-order valence-corrected chi connectivity index (χ2v) is 3.90. The van der Waals surface area contributed by atoms with Crippen molar-refractivity contribution in [3.05, 3.63) is 41.5 Å². The molecule has 0 saturated carbocycles. The van der Waals surface area contributed by atoms with Gasteiger partial charge < -0.3 is 15.8 Å². The van der Waals surface area contributed by atoms with E-state index < -0.39 is 17.5 Å². The molecule has 2 aromatic rings. The van der Waals surface area contributed by atoms with Crippen LogP contribution < -0.4 is 11.1 Å². The summed E-state index contributed by atoms with van der Waals surface area (Å²) in [4.78, 5) is 7.89. The Labute approximate surface area is 112 Å². The first-order valence-electron chi connectivity index (χ1n) is 5.53. The van der Waals surface area contributed by atoms with E-state index >= 15 is 0 Å². The van der Waals surface area contributed by atoms with Gasteiger partial charge in [-0.05, 0) is 0 Å². The van der Waals surface area contributed by atoms with Gasteiger partial charge in [0.15, 0.2) is 17.5 Å². The predicted octanol–water partition coefficient (Wildman–Crippen LogP) is 2.37. The predicted molar refractivity (Wildman–Crippen MR) is 66.8 cm³/mol. The number of hydrogen-bond donors (Lipinski definition) is 2. The molecule has 8 heteroatoms. The highest BCUT2D eigenvalue weighted by atomic mass is 19.2. The maximum Gasteiger partial charge on any atom is 0.161 e. The number of rotatable bonds is 4. The van der Waals surface area contributed by atoms with Gasteiger partial charge in [-0.15, -0.1) is 0 Å². The highest BCUT2D eigenvalue weighted by molar-refractivity contribution is 5.59. The van der Waals surface area contributed by atoms with Gasteiger partial charge in [-0.3, -0.25) is 0 Å². The Morgan fingerprint density at radius 2 is 1.80 bits per heavy atom. The molecule has 5 nitrogen and oxygen atoms in total. The summed E-state index contributed by atoms with van der Waals surface area (Å²) < 4.78 is 44.3. The Balaban J connectivity index is 2.32. The van der Waals surface area contributed by atoms with E-state index in [4.69, 9.17) is 10.5 Å². The fourth-order valence-electron chi connectivity index (χ4n) is 1.53. The molecule has 1 heterocycles. The lowest BCUT2D eigenvalue weighted by Gasteiger charge is -2.09. The zero-order valence-electron chi connectivity index (χ0n) is 10.5. The molecule has 0 atom stereocenters. The normalized spacial score (nSPS) is 10.6. The number of nitrogen functional groups attached to an aromatic ring is 1. The Morgan fingerprint density at radius 3 is 2.50 bits per heavy atom. The number of nitrogens with two attached hydrogens (primary N) is 1. The number of halogens is 3. The average molecular weight is 284 g/mol. The molecule has 20 heavy (non-hydrogen) atoms. The zero-order valence-corrected chi connectivity index (χ0v) is 10.5. The van der Waals surface area contributed by atoms with Crippen LogP contribution in [-0.4, -0.2) is 17.1 Å². The van der Waals surface area contributed by atoms with E-state index in [9.17, 15) is 13.2 Å². The molecule has 0 spiro atoms. The topological polar surface area (TPSA) is 73.1 Å². The lowest BCUT2D eigenvalue weighted by Crippen LogP contribution is -2.05. The van der Waals surface area contributed by atoms with E-state index in [1.54, 1.807) is 0 Å². The Hall–Kier alpha value is -2.35. The van der Waals surface area contributed by atoms with E-state index in [0.717, 1.165) is 0 Å². The summed E-state index contributed by atoms with van der Waals surface area (Å²) in [5, 5.41) is 2.51. The summed E-state index contributed by atoms with van der Waals surface area (Å²) in [5.41, 5.74) is 5.30. The van der Waals surface area contributed by atoms with Crippen molar-refractivity contribution in [1.29, 1.82) is 0 Å². The van der Waals surface area contributed by atoms with E-state index in [-0.39, 0.29) is 29.8 Å². The summed E-state index contributed by atoms with van der Waals surface area (Å²) in [5.74, 6) is -2.83. The van der Waals surface area contributed by atoms with Crippen molar-refractivity contribution in [3.8, 4) is 0 Å². The standard InChI is InChI=1S/C12H11F3N4O/c1-20-5-12-18-10(16)4-11(19-12)17-9-3-7(14)6(13)2-8(9)15/h2-4H,5H2,1H3,(H3,16,17,18,19). The van der Waals surface area contributed by atoms with E-state index in [1.165, 1.54) is 13.2 Å². The lowest BCUT2D eigenvalue weighted by atomic mass is 10.3. The van der Waals surface area contributed by atoms with E-state index in [0.29, 0.717) is 12.1 Å². The minimum Gasteiger partial charge on any atom is -0.384 e. The molecule has 2 rings (SSSR count). The van der Waals surface area contributed by atoms with Crippen LogP contribution >= 0.6 is 0 Å². The molecule has 106 valence electrons. The van der Waals surface area contributed by atoms with Crippen molar-refractivity contribution in [3.63, 3.8) is 0 Å². The number of hydrogen-bond acceptors (Lipinski definition) is 5. The summed E-state index contributed by atoms with van der Waals surface area (Å²) in [6.45, 7) is 0.111. The quantitative estimate of drug-likeness (QED) is 0.843. The van der Waals surface area contributed by atoms with E-state index in [1.807, 2.05) is 0 Å². The fourth-order valence-corrected chi connectivity index (χ4v) is 1.53. The van der Waals surface area contributed by atoms with Crippen LogP contribution in [0.2, 0.25) is 0 Å². The Morgan fingerprint density at radius 1 is 1.10 bits per heavy atom. The molecule has 0 unspecified atom stereocenters. The second kappa shape index (κ2) is 5.74. The first-order valence-corrected chi connectivity index (χ1v) is 5.53. The van der Waals surface area contributed by atoms with E-state index in [2.05, 4.69) is 15.3 Å². The zero-order chi connectivity index (χ0) is 14.7. The first-order chi connectivity index (χ1) is 9.49. The van der Waals surface area contributed by atoms with Crippen LogP contribution in [0.25, 0.3) is 0 Å². The number of aromatic nitrogens is 2. The maximum absolute atomic E-state index is 13.5. The number of methoxy groups -OCH3 is 1. The highest BCUT2D eigenvalue weighted by Crippen LogP contribution is 2.22. The number of nitrogens with one attached hydrogen (secondary N) is 1. The number of benzene rings is 1. The van der Waals surface area contributed by atoms with Crippen molar-refractivity contribution in [2.45, 2.75) is 6.61 Å². The molecule has 0 bridgehead atoms. The molecule has 1 aromatic carbocycles. The van der Waals surface area contributed by atoms with Gasteiger partial charge in [0, 0.05) is 25.3 Å². The lowest BCUT2D eigenvalue weighted by molar-refractivity contribution is 0.178.